The van der Waals surface area contributed by atoms with Crippen LogP contribution >= 0.6 is 0 Å². The minimum atomic E-state index is -0.940. The molecule has 0 radical (unpaired) electrons. The van der Waals surface area contributed by atoms with E-state index in [1.807, 2.05) is 4.98 Å². The molecule has 1 saturated heterocycles. The highest BCUT2D eigenvalue weighted by molar-refractivity contribution is 5.88. The molecular formula is C12H16N2O7. The minimum Gasteiger partial charge on any atom is -0.462 e. The Kier molecular flexibility index (Phi) is 4.56. The van der Waals surface area contributed by atoms with Gasteiger partial charge in [0.1, 0.15) is 17.9 Å². The van der Waals surface area contributed by atoms with E-state index < -0.39 is 42.3 Å². The quantitative estimate of drug-likeness (QED) is 0.568. The number of ether oxygens (including phenoxy) is 2. The summed E-state index contributed by atoms with van der Waals surface area (Å²) in [7, 11) is 0. The topological polar surface area (TPSA) is 131 Å². The van der Waals surface area contributed by atoms with Crippen LogP contribution in [0, 0.1) is 0 Å². The molecule has 3 N–H and O–H groups in total. The summed E-state index contributed by atoms with van der Waals surface area (Å²) in [5.41, 5.74) is -1.96. The summed E-state index contributed by atoms with van der Waals surface area (Å²) in [6.45, 7) is 1.27. The maximum absolute atomic E-state index is 11.8. The second-order valence-corrected chi connectivity index (χ2v) is 4.54. The molecule has 0 unspecified atom stereocenters. The van der Waals surface area contributed by atoms with Crippen molar-refractivity contribution in [2.24, 2.45) is 0 Å². The molecule has 9 heteroatoms. The molecule has 1 aliphatic rings. The van der Waals surface area contributed by atoms with Crippen molar-refractivity contribution in [1.29, 1.82) is 0 Å². The average molecular weight is 300 g/mol. The molecule has 0 spiro atoms. The first-order chi connectivity index (χ1) is 9.97. The van der Waals surface area contributed by atoms with E-state index in [4.69, 9.17) is 14.6 Å². The summed E-state index contributed by atoms with van der Waals surface area (Å²) in [5.74, 6) is -0.857. The second kappa shape index (κ2) is 6.20. The highest BCUT2D eigenvalue weighted by Gasteiger charge is 2.35. The van der Waals surface area contributed by atoms with Crippen LogP contribution in [0.2, 0.25) is 0 Å². The Morgan fingerprint density at radius 1 is 1.57 bits per heavy atom. The van der Waals surface area contributed by atoms with E-state index in [1.165, 1.54) is 0 Å². The highest BCUT2D eigenvalue weighted by atomic mass is 16.5. The Hall–Kier alpha value is -1.97. The van der Waals surface area contributed by atoms with Crippen molar-refractivity contribution in [2.45, 2.75) is 31.8 Å². The molecule has 21 heavy (non-hydrogen) atoms. The van der Waals surface area contributed by atoms with Crippen LogP contribution in [0.4, 0.5) is 0 Å². The van der Waals surface area contributed by atoms with Gasteiger partial charge in [-0.05, 0) is 6.92 Å². The molecule has 3 atom stereocenters. The first kappa shape index (κ1) is 15.4. The number of nitrogens with zero attached hydrogens (tertiary/aromatic N) is 1. The zero-order valence-corrected chi connectivity index (χ0v) is 11.3. The maximum atomic E-state index is 11.8. The third-order valence-electron chi connectivity index (χ3n) is 3.16. The molecule has 0 aromatic carbocycles. The first-order valence-corrected chi connectivity index (χ1v) is 6.44. The average Bonchev–Trinajstić information content (AvgIpc) is 2.80. The van der Waals surface area contributed by atoms with E-state index in [2.05, 4.69) is 0 Å². The number of carbonyl (C=O) groups is 1. The highest BCUT2D eigenvalue weighted by Crippen LogP contribution is 2.27. The lowest BCUT2D eigenvalue weighted by atomic mass is 10.2. The van der Waals surface area contributed by atoms with Crippen molar-refractivity contribution >= 4 is 5.97 Å². The zero-order valence-electron chi connectivity index (χ0n) is 11.3. The van der Waals surface area contributed by atoms with Crippen LogP contribution < -0.4 is 11.2 Å². The maximum Gasteiger partial charge on any atom is 0.345 e. The summed E-state index contributed by atoms with van der Waals surface area (Å²) >= 11 is 0. The van der Waals surface area contributed by atoms with Crippen LogP contribution in [0.5, 0.6) is 0 Å². The predicted molar refractivity (Wildman–Crippen MR) is 68.9 cm³/mol. The SMILES string of the molecule is CCOC(=O)c1cn([C@H]2C[C@H](O)[C@@H](CO)O2)c(=O)[nH]c1=O. The first-order valence-electron chi connectivity index (χ1n) is 6.44. The Morgan fingerprint density at radius 3 is 2.86 bits per heavy atom. The number of H-pyrrole nitrogens is 1. The Labute approximate surface area is 118 Å². The fourth-order valence-corrected chi connectivity index (χ4v) is 2.10. The molecule has 0 saturated carbocycles. The van der Waals surface area contributed by atoms with E-state index in [9.17, 15) is 19.5 Å². The number of carbonyl (C=O) groups excluding carboxylic acids is 1. The number of esters is 1. The van der Waals surface area contributed by atoms with Crippen molar-refractivity contribution in [3.05, 3.63) is 32.6 Å². The van der Waals surface area contributed by atoms with Gasteiger partial charge in [0.25, 0.3) is 5.56 Å². The number of hydrogen-bond acceptors (Lipinski definition) is 7. The van der Waals surface area contributed by atoms with Crippen molar-refractivity contribution in [2.75, 3.05) is 13.2 Å². The lowest BCUT2D eigenvalue weighted by Gasteiger charge is -2.15. The van der Waals surface area contributed by atoms with Gasteiger partial charge >= 0.3 is 11.7 Å². The van der Waals surface area contributed by atoms with Crippen molar-refractivity contribution in [3.8, 4) is 0 Å². The van der Waals surface area contributed by atoms with E-state index in [0.717, 1.165) is 10.8 Å². The smallest absolute Gasteiger partial charge is 0.345 e. The summed E-state index contributed by atoms with van der Waals surface area (Å²) < 4.78 is 11.0. The van der Waals surface area contributed by atoms with Crippen molar-refractivity contribution < 1.29 is 24.5 Å². The summed E-state index contributed by atoms with van der Waals surface area (Å²) in [5, 5.41) is 18.7. The predicted octanol–water partition coefficient (Wildman–Crippen LogP) is -1.65. The fourth-order valence-electron chi connectivity index (χ4n) is 2.10. The standard InChI is InChI=1S/C12H16N2O7/c1-2-20-11(18)6-4-14(12(19)13-10(6)17)9-3-7(16)8(5-15)21-9/h4,7-9,15-16H,2-3,5H2,1H3,(H,13,17,19)/t7-,8+,9+/m0/s1. The molecule has 116 valence electrons. The van der Waals surface area contributed by atoms with Gasteiger partial charge in [-0.2, -0.15) is 0 Å². The molecule has 1 fully saturated rings. The van der Waals surface area contributed by atoms with Crippen LogP contribution in [-0.2, 0) is 9.47 Å². The van der Waals surface area contributed by atoms with E-state index in [1.54, 1.807) is 6.92 Å². The summed E-state index contributed by atoms with van der Waals surface area (Å²) in [4.78, 5) is 37.0. The molecule has 1 aliphatic heterocycles. The third kappa shape index (κ3) is 3.04. The summed E-state index contributed by atoms with van der Waals surface area (Å²) in [6, 6.07) is 0. The Balaban J connectivity index is 2.37. The lowest BCUT2D eigenvalue weighted by molar-refractivity contribution is -0.0460. The number of nitrogens with one attached hydrogen (secondary N) is 1. The molecule has 0 amide bonds. The van der Waals surface area contributed by atoms with E-state index >= 15 is 0 Å². The molecule has 2 rings (SSSR count). The van der Waals surface area contributed by atoms with Crippen molar-refractivity contribution in [3.63, 3.8) is 0 Å². The molecule has 2 heterocycles. The molecule has 9 nitrogen and oxygen atoms in total. The van der Waals surface area contributed by atoms with Crippen LogP contribution in [0.3, 0.4) is 0 Å². The van der Waals surface area contributed by atoms with Crippen LogP contribution in [0.25, 0.3) is 0 Å². The van der Waals surface area contributed by atoms with Gasteiger partial charge in [0.2, 0.25) is 0 Å². The lowest BCUT2D eigenvalue weighted by Crippen LogP contribution is -2.36. The Morgan fingerprint density at radius 2 is 2.29 bits per heavy atom. The molecule has 1 aromatic heterocycles. The normalized spacial score (nSPS) is 25.0. The van der Waals surface area contributed by atoms with Gasteiger partial charge in [-0.15, -0.1) is 0 Å². The van der Waals surface area contributed by atoms with Gasteiger partial charge in [0.05, 0.1) is 19.3 Å². The van der Waals surface area contributed by atoms with Gasteiger partial charge in [0, 0.05) is 12.6 Å². The third-order valence-corrected chi connectivity index (χ3v) is 3.16. The van der Waals surface area contributed by atoms with E-state index in [0.29, 0.717) is 0 Å². The van der Waals surface area contributed by atoms with Gasteiger partial charge in [-0.25, -0.2) is 9.59 Å². The van der Waals surface area contributed by atoms with Gasteiger partial charge in [0.15, 0.2) is 0 Å². The number of aromatic amines is 1. The monoisotopic (exact) mass is 300 g/mol. The molecular weight excluding hydrogens is 284 g/mol. The van der Waals surface area contributed by atoms with Gasteiger partial charge in [-0.3, -0.25) is 14.3 Å². The Bertz CT molecular complexity index is 635. The zero-order chi connectivity index (χ0) is 15.6. The van der Waals surface area contributed by atoms with Crippen LogP contribution in [-0.4, -0.2) is 51.2 Å². The fraction of sp³-hybridized carbons (Fsp3) is 0.583. The van der Waals surface area contributed by atoms with Crippen LogP contribution in [0.1, 0.15) is 29.9 Å². The van der Waals surface area contributed by atoms with E-state index in [-0.39, 0.29) is 18.6 Å². The number of hydrogen-bond donors (Lipinski definition) is 3. The number of rotatable bonds is 4. The number of aromatic nitrogens is 2. The largest absolute Gasteiger partial charge is 0.462 e. The van der Waals surface area contributed by atoms with Gasteiger partial charge < -0.3 is 19.7 Å². The number of aliphatic hydroxyl groups is 2. The van der Waals surface area contributed by atoms with Gasteiger partial charge in [-0.1, -0.05) is 0 Å². The second-order valence-electron chi connectivity index (χ2n) is 4.54. The molecule has 1 aromatic rings. The van der Waals surface area contributed by atoms with Crippen LogP contribution in [0.15, 0.2) is 15.8 Å². The molecule has 0 bridgehead atoms. The number of aliphatic hydroxyl groups excluding tert-OH is 2. The minimum absolute atomic E-state index is 0.0550. The molecule has 0 aliphatic carbocycles. The summed E-state index contributed by atoms with van der Waals surface area (Å²) in [6.07, 6.45) is -1.55. The van der Waals surface area contributed by atoms with Crippen molar-refractivity contribution in [1.82, 2.24) is 9.55 Å².